The molecule has 10 heteroatoms. The number of carbonyl (C=O) groups excluding carboxylic acids is 1. The fourth-order valence-electron chi connectivity index (χ4n) is 1.77. The van der Waals surface area contributed by atoms with E-state index in [9.17, 15) is 4.79 Å². The molecular weight excluding hydrogens is 384 g/mol. The van der Waals surface area contributed by atoms with Crippen molar-refractivity contribution in [2.45, 2.75) is 19.9 Å². The number of ether oxygens (including phenoxy) is 1. The lowest BCUT2D eigenvalue weighted by Gasteiger charge is -2.10. The highest BCUT2D eigenvalue weighted by Gasteiger charge is 2.12. The van der Waals surface area contributed by atoms with Crippen LogP contribution < -0.4 is 15.4 Å². The van der Waals surface area contributed by atoms with Gasteiger partial charge in [-0.25, -0.2) is 4.68 Å². The number of aromatic nitrogens is 4. The van der Waals surface area contributed by atoms with E-state index >= 15 is 0 Å². The van der Waals surface area contributed by atoms with Crippen molar-refractivity contribution in [3.05, 3.63) is 28.2 Å². The molecule has 2 N–H and O–H groups in total. The highest BCUT2D eigenvalue weighted by atomic mass is 79.9. The molecule has 23 heavy (non-hydrogen) atoms. The van der Waals surface area contributed by atoms with Crippen molar-refractivity contribution < 1.29 is 9.53 Å². The molecule has 1 amide bonds. The van der Waals surface area contributed by atoms with Gasteiger partial charge in [0, 0.05) is 12.1 Å². The maximum Gasteiger partial charge on any atom is 0.257 e. The van der Waals surface area contributed by atoms with Crippen LogP contribution in [0.5, 0.6) is 5.75 Å². The summed E-state index contributed by atoms with van der Waals surface area (Å²) in [6, 6.07) is 4.98. The number of halogens is 1. The van der Waals surface area contributed by atoms with Gasteiger partial charge in [-0.05, 0) is 63.2 Å². The Hall–Kier alpha value is -2.07. The number of anilines is 1. The highest BCUT2D eigenvalue weighted by molar-refractivity contribution is 9.10. The maximum absolute atomic E-state index is 12.2. The third kappa shape index (κ3) is 4.45. The molecule has 0 aliphatic heterocycles. The van der Waals surface area contributed by atoms with Crippen LogP contribution in [0.2, 0.25) is 0 Å². The minimum Gasteiger partial charge on any atom is -0.496 e. The van der Waals surface area contributed by atoms with E-state index in [4.69, 9.17) is 17.0 Å². The molecular formula is C13H15BrN6O2S. The number of nitrogens with one attached hydrogen (secondary N) is 2. The number of methoxy groups -OCH3 is 1. The van der Waals surface area contributed by atoms with Crippen molar-refractivity contribution in [1.82, 2.24) is 25.5 Å². The minimum atomic E-state index is -0.347. The van der Waals surface area contributed by atoms with Gasteiger partial charge >= 0.3 is 0 Å². The minimum absolute atomic E-state index is 0.120. The molecule has 0 aliphatic carbocycles. The van der Waals surface area contributed by atoms with Crippen molar-refractivity contribution in [2.24, 2.45) is 0 Å². The third-order valence-corrected chi connectivity index (χ3v) is 3.66. The van der Waals surface area contributed by atoms with Crippen LogP contribution in [0, 0.1) is 0 Å². The summed E-state index contributed by atoms with van der Waals surface area (Å²) >= 11 is 8.45. The van der Waals surface area contributed by atoms with E-state index in [2.05, 4.69) is 42.1 Å². The second kappa shape index (κ2) is 7.97. The zero-order chi connectivity index (χ0) is 16.8. The normalized spacial score (nSPS) is 10.2. The SMILES string of the molecule is CCCn1nnnc1NC(=S)NC(=O)c1ccc(OC)c(Br)c1. The number of benzene rings is 1. The van der Waals surface area contributed by atoms with Crippen molar-refractivity contribution in [1.29, 1.82) is 0 Å². The monoisotopic (exact) mass is 398 g/mol. The Morgan fingerprint density at radius 3 is 2.91 bits per heavy atom. The van der Waals surface area contributed by atoms with Gasteiger partial charge in [0.2, 0.25) is 5.95 Å². The number of hydrogen-bond acceptors (Lipinski definition) is 6. The number of carbonyl (C=O) groups is 1. The third-order valence-electron chi connectivity index (χ3n) is 2.83. The molecule has 0 saturated carbocycles. The summed E-state index contributed by atoms with van der Waals surface area (Å²) in [4.78, 5) is 12.2. The molecule has 1 heterocycles. The lowest BCUT2D eigenvalue weighted by Crippen LogP contribution is -2.35. The first-order valence-corrected chi connectivity index (χ1v) is 7.97. The van der Waals surface area contributed by atoms with E-state index in [0.29, 0.717) is 28.3 Å². The molecule has 0 spiro atoms. The molecule has 0 atom stereocenters. The van der Waals surface area contributed by atoms with Gasteiger partial charge in [0.25, 0.3) is 5.91 Å². The molecule has 2 aromatic rings. The Labute approximate surface area is 146 Å². The van der Waals surface area contributed by atoms with Crippen LogP contribution >= 0.6 is 28.1 Å². The quantitative estimate of drug-likeness (QED) is 0.743. The smallest absolute Gasteiger partial charge is 0.257 e. The Balaban J connectivity index is 2.01. The van der Waals surface area contributed by atoms with Gasteiger partial charge in [0.1, 0.15) is 5.75 Å². The molecule has 1 aromatic carbocycles. The summed E-state index contributed by atoms with van der Waals surface area (Å²) in [5.74, 6) is 0.675. The number of hydrogen-bond donors (Lipinski definition) is 2. The van der Waals surface area contributed by atoms with Gasteiger partial charge < -0.3 is 4.74 Å². The number of aryl methyl sites for hydroxylation is 1. The van der Waals surface area contributed by atoms with E-state index < -0.39 is 0 Å². The first-order chi connectivity index (χ1) is 11.0. The average molecular weight is 399 g/mol. The Morgan fingerprint density at radius 2 is 2.26 bits per heavy atom. The van der Waals surface area contributed by atoms with Crippen molar-refractivity contribution >= 4 is 45.1 Å². The predicted octanol–water partition coefficient (Wildman–Crippen LogP) is 1.98. The lowest BCUT2D eigenvalue weighted by molar-refractivity contribution is 0.0977. The molecule has 1 aromatic heterocycles. The molecule has 0 saturated heterocycles. The van der Waals surface area contributed by atoms with Gasteiger partial charge in [-0.3, -0.25) is 15.4 Å². The number of rotatable bonds is 5. The lowest BCUT2D eigenvalue weighted by atomic mass is 10.2. The summed E-state index contributed by atoms with van der Waals surface area (Å²) in [6.45, 7) is 2.66. The standard InChI is InChI=1S/C13H15BrN6O2S/c1-3-6-20-12(17-18-19-20)16-13(23)15-11(21)8-4-5-10(22-2)9(14)7-8/h4-5,7H,3,6H2,1-2H3,(H2,15,16,17,19,21,23). The molecule has 0 bridgehead atoms. The zero-order valence-electron chi connectivity index (χ0n) is 12.5. The van der Waals surface area contributed by atoms with E-state index in [-0.39, 0.29) is 11.0 Å². The van der Waals surface area contributed by atoms with E-state index in [1.54, 1.807) is 30.0 Å². The molecule has 0 aliphatic rings. The van der Waals surface area contributed by atoms with E-state index in [1.807, 2.05) is 6.92 Å². The van der Waals surface area contributed by atoms with Crippen LogP contribution in [0.1, 0.15) is 23.7 Å². The van der Waals surface area contributed by atoms with Crippen LogP contribution in [-0.2, 0) is 6.54 Å². The van der Waals surface area contributed by atoms with Crippen molar-refractivity contribution in [3.63, 3.8) is 0 Å². The number of nitrogens with zero attached hydrogens (tertiary/aromatic N) is 4. The average Bonchev–Trinajstić information content (AvgIpc) is 2.94. The second-order valence-corrected chi connectivity index (χ2v) is 5.75. The summed E-state index contributed by atoms with van der Waals surface area (Å²) in [7, 11) is 1.55. The van der Waals surface area contributed by atoms with Gasteiger partial charge in [-0.1, -0.05) is 12.0 Å². The summed E-state index contributed by atoms with van der Waals surface area (Å²) in [5.41, 5.74) is 0.440. The summed E-state index contributed by atoms with van der Waals surface area (Å²) in [6.07, 6.45) is 0.874. The van der Waals surface area contributed by atoms with Crippen LogP contribution in [-0.4, -0.2) is 38.3 Å². The fraction of sp³-hybridized carbons (Fsp3) is 0.308. The number of thiocarbonyl (C=S) groups is 1. The maximum atomic E-state index is 12.2. The summed E-state index contributed by atoms with van der Waals surface area (Å²) in [5, 5.41) is 16.7. The van der Waals surface area contributed by atoms with Crippen LogP contribution in [0.25, 0.3) is 0 Å². The first kappa shape index (κ1) is 17.3. The first-order valence-electron chi connectivity index (χ1n) is 6.77. The Bertz CT molecular complexity index is 720. The number of amides is 1. The number of tetrazole rings is 1. The van der Waals surface area contributed by atoms with Gasteiger partial charge in [-0.2, -0.15) is 0 Å². The van der Waals surface area contributed by atoms with Crippen LogP contribution in [0.15, 0.2) is 22.7 Å². The van der Waals surface area contributed by atoms with Gasteiger partial charge in [0.05, 0.1) is 11.6 Å². The molecule has 2 rings (SSSR count). The van der Waals surface area contributed by atoms with Crippen LogP contribution in [0.4, 0.5) is 5.95 Å². The van der Waals surface area contributed by atoms with Crippen LogP contribution in [0.3, 0.4) is 0 Å². The predicted molar refractivity (Wildman–Crippen MR) is 92.5 cm³/mol. The van der Waals surface area contributed by atoms with Crippen molar-refractivity contribution in [2.75, 3.05) is 12.4 Å². The Morgan fingerprint density at radius 1 is 1.48 bits per heavy atom. The summed E-state index contributed by atoms with van der Waals surface area (Å²) < 4.78 is 7.38. The topological polar surface area (TPSA) is 94.0 Å². The van der Waals surface area contributed by atoms with Crippen molar-refractivity contribution in [3.8, 4) is 5.75 Å². The molecule has 0 fully saturated rings. The molecule has 122 valence electrons. The second-order valence-electron chi connectivity index (χ2n) is 4.48. The zero-order valence-corrected chi connectivity index (χ0v) is 14.9. The Kier molecular flexibility index (Phi) is 5.99. The van der Waals surface area contributed by atoms with Gasteiger partial charge in [0.15, 0.2) is 5.11 Å². The van der Waals surface area contributed by atoms with Gasteiger partial charge in [-0.15, -0.1) is 0 Å². The largest absolute Gasteiger partial charge is 0.496 e. The molecule has 8 nitrogen and oxygen atoms in total. The molecule has 0 radical (unpaired) electrons. The van der Waals surface area contributed by atoms with E-state index in [1.165, 1.54) is 0 Å². The van der Waals surface area contributed by atoms with E-state index in [0.717, 1.165) is 6.42 Å². The fourth-order valence-corrected chi connectivity index (χ4v) is 2.50. The molecule has 0 unspecified atom stereocenters. The highest BCUT2D eigenvalue weighted by Crippen LogP contribution is 2.25.